The zero-order valence-electron chi connectivity index (χ0n) is 13.6. The summed E-state index contributed by atoms with van der Waals surface area (Å²) >= 11 is 5.76. The van der Waals surface area contributed by atoms with E-state index in [-0.39, 0.29) is 29.3 Å². The maximum atomic E-state index is 12.9. The second kappa shape index (κ2) is 8.66. The van der Waals surface area contributed by atoms with Crippen LogP contribution in [0.3, 0.4) is 0 Å². The van der Waals surface area contributed by atoms with Crippen LogP contribution < -0.4 is 10.1 Å². The molecule has 0 unspecified atom stereocenters. The number of benzene rings is 1. The Labute approximate surface area is 149 Å². The number of ether oxygens (including phenoxy) is 2. The summed E-state index contributed by atoms with van der Waals surface area (Å²) in [6.07, 6.45) is 1.91. The fourth-order valence-corrected chi connectivity index (χ4v) is 2.05. The molecule has 1 N–H and O–H groups in total. The van der Waals surface area contributed by atoms with E-state index in [0.717, 1.165) is 25.0 Å². The molecule has 1 aromatic rings. The van der Waals surface area contributed by atoms with E-state index in [4.69, 9.17) is 21.1 Å². The predicted octanol–water partition coefficient (Wildman–Crippen LogP) is 1.14. The number of esters is 1. The van der Waals surface area contributed by atoms with Gasteiger partial charge in [-0.3, -0.25) is 9.59 Å². The van der Waals surface area contributed by atoms with Gasteiger partial charge in [-0.05, 0) is 31.0 Å². The van der Waals surface area contributed by atoms with E-state index in [1.54, 1.807) is 0 Å². The standard InChI is InChI=1S/C16H18ClFN2O5/c1-20(7-14(21)19-11-3-4-11)15(22)8-25-16(23)9-24-13-5-2-10(18)6-12(13)17/h2,5-6,11H,3-4,7-9H2,1H3,(H,19,21). The van der Waals surface area contributed by atoms with Gasteiger partial charge in [0.2, 0.25) is 5.91 Å². The van der Waals surface area contributed by atoms with Crippen LogP contribution in [0.15, 0.2) is 18.2 Å². The minimum Gasteiger partial charge on any atom is -0.480 e. The van der Waals surface area contributed by atoms with Gasteiger partial charge in [-0.2, -0.15) is 0 Å². The quantitative estimate of drug-likeness (QED) is 0.692. The van der Waals surface area contributed by atoms with E-state index in [0.29, 0.717) is 0 Å². The summed E-state index contributed by atoms with van der Waals surface area (Å²) in [5.74, 6) is -1.96. The zero-order valence-corrected chi connectivity index (χ0v) is 14.3. The molecule has 0 radical (unpaired) electrons. The van der Waals surface area contributed by atoms with Crippen LogP contribution in [0.4, 0.5) is 4.39 Å². The molecule has 136 valence electrons. The molecule has 25 heavy (non-hydrogen) atoms. The summed E-state index contributed by atoms with van der Waals surface area (Å²) < 4.78 is 22.8. The molecular formula is C16H18ClFN2O5. The molecule has 1 aromatic carbocycles. The fourth-order valence-electron chi connectivity index (χ4n) is 1.83. The second-order valence-electron chi connectivity index (χ2n) is 5.62. The van der Waals surface area contributed by atoms with Crippen molar-refractivity contribution in [1.82, 2.24) is 10.2 Å². The maximum absolute atomic E-state index is 12.9. The molecule has 0 heterocycles. The smallest absolute Gasteiger partial charge is 0.344 e. The SMILES string of the molecule is CN(CC(=O)NC1CC1)C(=O)COC(=O)COc1ccc(F)cc1Cl. The second-order valence-corrected chi connectivity index (χ2v) is 6.02. The Morgan fingerprint density at radius 3 is 2.68 bits per heavy atom. The van der Waals surface area contributed by atoms with E-state index < -0.39 is 30.9 Å². The molecule has 7 nitrogen and oxygen atoms in total. The Hall–Kier alpha value is -2.35. The van der Waals surface area contributed by atoms with E-state index in [2.05, 4.69) is 5.32 Å². The molecule has 1 aliphatic rings. The van der Waals surface area contributed by atoms with Crippen molar-refractivity contribution >= 4 is 29.4 Å². The Morgan fingerprint density at radius 1 is 1.32 bits per heavy atom. The highest BCUT2D eigenvalue weighted by Gasteiger charge is 2.24. The lowest BCUT2D eigenvalue weighted by Gasteiger charge is -2.16. The highest BCUT2D eigenvalue weighted by atomic mass is 35.5. The van der Waals surface area contributed by atoms with Crippen LogP contribution in [0, 0.1) is 5.82 Å². The molecule has 1 aliphatic carbocycles. The summed E-state index contributed by atoms with van der Waals surface area (Å²) in [5, 5.41) is 2.77. The lowest BCUT2D eigenvalue weighted by molar-refractivity contribution is -0.153. The van der Waals surface area contributed by atoms with Crippen molar-refractivity contribution in [1.29, 1.82) is 0 Å². The Balaban J connectivity index is 1.67. The largest absolute Gasteiger partial charge is 0.480 e. The maximum Gasteiger partial charge on any atom is 0.344 e. The summed E-state index contributed by atoms with van der Waals surface area (Å²) in [7, 11) is 1.44. The third kappa shape index (κ3) is 6.58. The summed E-state index contributed by atoms with van der Waals surface area (Å²) in [4.78, 5) is 36.2. The van der Waals surface area contributed by atoms with Crippen molar-refractivity contribution in [3.8, 4) is 5.75 Å². The van der Waals surface area contributed by atoms with E-state index in [1.807, 2.05) is 0 Å². The van der Waals surface area contributed by atoms with Crippen LogP contribution in [0.2, 0.25) is 5.02 Å². The molecular weight excluding hydrogens is 355 g/mol. The number of rotatable bonds is 8. The van der Waals surface area contributed by atoms with Crippen molar-refractivity contribution in [2.45, 2.75) is 18.9 Å². The molecule has 0 bridgehead atoms. The summed E-state index contributed by atoms with van der Waals surface area (Å²) in [6.45, 7) is -1.09. The number of nitrogens with one attached hydrogen (secondary N) is 1. The molecule has 0 spiro atoms. The summed E-state index contributed by atoms with van der Waals surface area (Å²) in [6, 6.07) is 3.68. The van der Waals surface area contributed by atoms with Crippen LogP contribution in [0.1, 0.15) is 12.8 Å². The van der Waals surface area contributed by atoms with Crippen LogP contribution in [-0.2, 0) is 19.1 Å². The van der Waals surface area contributed by atoms with Crippen molar-refractivity contribution in [3.63, 3.8) is 0 Å². The molecule has 1 fully saturated rings. The van der Waals surface area contributed by atoms with Crippen molar-refractivity contribution < 1.29 is 28.2 Å². The monoisotopic (exact) mass is 372 g/mol. The molecule has 1 saturated carbocycles. The molecule has 0 aromatic heterocycles. The number of halogens is 2. The number of nitrogens with zero attached hydrogens (tertiary/aromatic N) is 1. The van der Waals surface area contributed by atoms with E-state index in [9.17, 15) is 18.8 Å². The Morgan fingerprint density at radius 2 is 2.04 bits per heavy atom. The van der Waals surface area contributed by atoms with E-state index >= 15 is 0 Å². The van der Waals surface area contributed by atoms with Gasteiger partial charge in [0.15, 0.2) is 13.2 Å². The Kier molecular flexibility index (Phi) is 6.58. The highest BCUT2D eigenvalue weighted by molar-refractivity contribution is 6.32. The molecule has 0 atom stereocenters. The van der Waals surface area contributed by atoms with E-state index in [1.165, 1.54) is 18.0 Å². The Bertz CT molecular complexity index is 666. The van der Waals surface area contributed by atoms with Crippen LogP contribution in [-0.4, -0.2) is 55.5 Å². The van der Waals surface area contributed by atoms with Gasteiger partial charge in [-0.1, -0.05) is 11.6 Å². The number of amides is 2. The minimum absolute atomic E-state index is 0.0188. The number of likely N-dealkylation sites (N-methyl/N-ethyl adjacent to an activating group) is 1. The average Bonchev–Trinajstić information content (AvgIpc) is 3.35. The normalized spacial score (nSPS) is 13.1. The first kappa shape index (κ1) is 19.0. The number of hydrogen-bond donors (Lipinski definition) is 1. The molecule has 0 saturated heterocycles. The van der Waals surface area contributed by atoms with Gasteiger partial charge in [0.1, 0.15) is 11.6 Å². The molecule has 9 heteroatoms. The van der Waals surface area contributed by atoms with Gasteiger partial charge in [0.25, 0.3) is 5.91 Å². The van der Waals surface area contributed by atoms with Gasteiger partial charge in [0.05, 0.1) is 11.6 Å². The van der Waals surface area contributed by atoms with Crippen LogP contribution in [0.25, 0.3) is 0 Å². The number of hydrogen-bond acceptors (Lipinski definition) is 5. The molecule has 2 rings (SSSR count). The van der Waals surface area contributed by atoms with Gasteiger partial charge in [-0.15, -0.1) is 0 Å². The summed E-state index contributed by atoms with van der Waals surface area (Å²) in [5.41, 5.74) is 0. The van der Waals surface area contributed by atoms with Crippen LogP contribution in [0.5, 0.6) is 5.75 Å². The van der Waals surface area contributed by atoms with Crippen molar-refractivity contribution in [3.05, 3.63) is 29.0 Å². The van der Waals surface area contributed by atoms with Gasteiger partial charge >= 0.3 is 5.97 Å². The molecule has 2 amide bonds. The van der Waals surface area contributed by atoms with Crippen molar-refractivity contribution in [2.24, 2.45) is 0 Å². The third-order valence-corrected chi connectivity index (χ3v) is 3.64. The first-order valence-corrected chi connectivity index (χ1v) is 7.99. The van der Waals surface area contributed by atoms with Gasteiger partial charge < -0.3 is 19.7 Å². The zero-order chi connectivity index (χ0) is 18.4. The van der Waals surface area contributed by atoms with Gasteiger partial charge in [-0.25, -0.2) is 9.18 Å². The lowest BCUT2D eigenvalue weighted by Crippen LogP contribution is -2.40. The average molecular weight is 373 g/mol. The first-order chi connectivity index (χ1) is 11.8. The third-order valence-electron chi connectivity index (χ3n) is 3.35. The van der Waals surface area contributed by atoms with Gasteiger partial charge in [0, 0.05) is 13.1 Å². The number of carbonyl (C=O) groups excluding carboxylic acids is 3. The molecule has 0 aliphatic heterocycles. The minimum atomic E-state index is -0.787. The van der Waals surface area contributed by atoms with Crippen molar-refractivity contribution in [2.75, 3.05) is 26.8 Å². The first-order valence-electron chi connectivity index (χ1n) is 7.62. The van der Waals surface area contributed by atoms with Crippen LogP contribution >= 0.6 is 11.6 Å². The predicted molar refractivity (Wildman–Crippen MR) is 86.7 cm³/mol. The lowest BCUT2D eigenvalue weighted by atomic mass is 10.3. The topological polar surface area (TPSA) is 84.9 Å². The number of carbonyl (C=O) groups is 3. The highest BCUT2D eigenvalue weighted by Crippen LogP contribution is 2.24. The fraction of sp³-hybridized carbons (Fsp3) is 0.438.